The average molecular weight is 2070 g/mol. The van der Waals surface area contributed by atoms with E-state index in [4.69, 9.17) is 33.8 Å². The number of guanidine groups is 2. The topological polar surface area (TPSA) is 899 Å². The summed E-state index contributed by atoms with van der Waals surface area (Å²) in [5.41, 5.74) is 19.5. The van der Waals surface area contributed by atoms with Crippen molar-refractivity contribution >= 4 is 157 Å². The van der Waals surface area contributed by atoms with E-state index in [1.807, 2.05) is 0 Å². The van der Waals surface area contributed by atoms with Gasteiger partial charge in [0.25, 0.3) is 53.2 Å². The monoisotopic (exact) mass is 2060 g/mol. The fourth-order valence-corrected chi connectivity index (χ4v) is 14.0. The number of carboxylic acid groups (broad SMARTS) is 1. The number of aliphatic carboxylic acids is 1. The largest absolute Gasteiger partial charge is 0.508 e. The van der Waals surface area contributed by atoms with E-state index in [2.05, 4.69) is 122 Å². The van der Waals surface area contributed by atoms with Crippen molar-refractivity contribution in [1.29, 1.82) is 10.8 Å². The molecule has 4 rings (SSSR count). The SMILES string of the molecule is C[C@@H]1NC(=O)C(C)(C)CCC/C=C\CCC[C@@](C)(C(=O)N[C@@H](N[C@@H](C=O)Cc2ccccc2)C(=O)N[C@@H](N[C@@H](C=O)CC(N)=O)C(=O)N[C@@H](N[C@@H](C)C=O)C(=O)N[C@@H](N[C@@H](C=O)Cc2ccc(O)cc2)C(=O)N[C@@H](N[C@@H](C=O)Cc2ccc(O)cc2)C(=O)N[C@@H](N[C@@H](C)C=O)C(=O)N[C@@H](N[C@@H](C=O)CCCNC(=N)N)C(=O)N[C@@H](N[C@@H](C=O)CCCNC(=N)N)C(N)=O)NC(=O)[C@H](N[C@@H](C=O)CC(=O)O)NC(=O)CNC1=O. The number of nitrogens with one attached hydrogen (secondary N) is 25. The lowest BCUT2D eigenvalue weighted by atomic mass is 9.86. The van der Waals surface area contributed by atoms with E-state index in [-0.39, 0.29) is 125 Å². The van der Waals surface area contributed by atoms with Gasteiger partial charge in [-0.05, 0) is 152 Å². The Morgan fingerprint density at radius 2 is 0.789 bits per heavy atom. The summed E-state index contributed by atoms with van der Waals surface area (Å²) in [6.45, 7) is 7.12. The molecule has 36 N–H and O–H groups in total. The molecular weight excluding hydrogens is 1930 g/mol. The fraction of sp³-hybridized carbons (Fsp3) is 0.495. The van der Waals surface area contributed by atoms with Gasteiger partial charge in [0.2, 0.25) is 29.5 Å². The van der Waals surface area contributed by atoms with Crippen molar-refractivity contribution in [1.82, 2.24) is 122 Å². The molecule has 0 bridgehead atoms. The molecule has 1 aliphatic heterocycles. The summed E-state index contributed by atoms with van der Waals surface area (Å²) >= 11 is 0. The molecule has 0 aromatic heterocycles. The zero-order valence-corrected chi connectivity index (χ0v) is 81.5. The third-order valence-electron chi connectivity index (χ3n) is 22.0. The second kappa shape index (κ2) is 64.1. The van der Waals surface area contributed by atoms with Crippen molar-refractivity contribution in [2.24, 2.45) is 28.3 Å². The van der Waals surface area contributed by atoms with Crippen LogP contribution in [0.25, 0.3) is 0 Å². The highest BCUT2D eigenvalue weighted by Crippen LogP contribution is 2.25. The number of carbonyl (C=O) groups excluding carboxylic acids is 23. The van der Waals surface area contributed by atoms with Crippen molar-refractivity contribution in [2.75, 3.05) is 19.6 Å². The van der Waals surface area contributed by atoms with E-state index in [1.165, 1.54) is 55.5 Å². The summed E-state index contributed by atoms with van der Waals surface area (Å²) in [5.74, 6) is -21.8. The van der Waals surface area contributed by atoms with Crippen LogP contribution in [-0.4, -0.2) is 314 Å². The van der Waals surface area contributed by atoms with Gasteiger partial charge in [0, 0.05) is 24.9 Å². The second-order valence-electron chi connectivity index (χ2n) is 35.0. The molecule has 1 aliphatic rings. The minimum Gasteiger partial charge on any atom is -0.508 e. The van der Waals surface area contributed by atoms with Crippen LogP contribution in [-0.2, 0) is 134 Å². The molecular formula is C91H133N29O27. The first-order valence-corrected chi connectivity index (χ1v) is 46.4. The zero-order valence-electron chi connectivity index (χ0n) is 81.5. The highest BCUT2D eigenvalue weighted by atomic mass is 16.4. The van der Waals surface area contributed by atoms with Crippen molar-refractivity contribution in [3.63, 3.8) is 0 Å². The van der Waals surface area contributed by atoms with Crippen LogP contribution in [0.2, 0.25) is 0 Å². The molecule has 147 heavy (non-hydrogen) atoms. The molecule has 56 heteroatoms. The first kappa shape index (κ1) is 124. The summed E-state index contributed by atoms with van der Waals surface area (Å²) in [7, 11) is 0. The Morgan fingerprint density at radius 1 is 0.435 bits per heavy atom. The Kier molecular flexibility index (Phi) is 53.9. The molecule has 1 heterocycles. The van der Waals surface area contributed by atoms with Crippen LogP contribution in [0.15, 0.2) is 91.0 Å². The van der Waals surface area contributed by atoms with Crippen LogP contribution >= 0.6 is 0 Å². The Balaban J connectivity index is 1.99. The summed E-state index contributed by atoms with van der Waals surface area (Å²) in [5, 5.41) is 100. The van der Waals surface area contributed by atoms with Crippen LogP contribution in [0.3, 0.4) is 0 Å². The lowest BCUT2D eigenvalue weighted by Crippen LogP contribution is -2.71. The highest BCUT2D eigenvalue weighted by molar-refractivity contribution is 6.01. The lowest BCUT2D eigenvalue weighted by Gasteiger charge is -2.34. The number of aromatic hydroxyl groups is 2. The maximum absolute atomic E-state index is 15.6. The van der Waals surface area contributed by atoms with E-state index >= 15 is 28.8 Å². The number of hydrogen-bond acceptors (Lipinski definition) is 37. The molecule has 0 unspecified atom stereocenters. The Bertz CT molecular complexity index is 5070. The van der Waals surface area contributed by atoms with Crippen LogP contribution in [0.1, 0.15) is 135 Å². The molecule has 0 radical (unpaired) electrons. The van der Waals surface area contributed by atoms with Gasteiger partial charge in [-0.3, -0.25) is 131 Å². The van der Waals surface area contributed by atoms with Crippen LogP contribution < -0.4 is 145 Å². The summed E-state index contributed by atoms with van der Waals surface area (Å²) in [6, 6.07) is 2.52. The third-order valence-corrected chi connectivity index (χ3v) is 22.0. The minimum atomic E-state index is -2.53. The third kappa shape index (κ3) is 46.2. The number of amides is 14. The normalized spacial score (nSPS) is 18.8. The van der Waals surface area contributed by atoms with Crippen LogP contribution in [0.4, 0.5) is 0 Å². The first-order chi connectivity index (χ1) is 69.6. The number of carbonyl (C=O) groups is 24. The molecule has 0 fully saturated rings. The Hall–Kier alpha value is -15.7. The van der Waals surface area contributed by atoms with Gasteiger partial charge < -0.3 is 156 Å². The van der Waals surface area contributed by atoms with E-state index in [1.54, 1.807) is 56.3 Å². The Labute approximate surface area is 843 Å². The molecule has 0 saturated heterocycles. The number of phenols is 2. The van der Waals surface area contributed by atoms with Gasteiger partial charge in [-0.2, -0.15) is 0 Å². The summed E-state index contributed by atoms with van der Waals surface area (Å²) in [4.78, 5) is 331. The van der Waals surface area contributed by atoms with E-state index in [0.717, 1.165) is 20.8 Å². The van der Waals surface area contributed by atoms with Crippen molar-refractivity contribution < 1.29 is 130 Å². The van der Waals surface area contributed by atoms with Gasteiger partial charge in [-0.15, -0.1) is 0 Å². The van der Waals surface area contributed by atoms with E-state index in [9.17, 15) is 102 Å². The zero-order chi connectivity index (χ0) is 110. The van der Waals surface area contributed by atoms with Crippen LogP contribution in [0, 0.1) is 16.2 Å². The van der Waals surface area contributed by atoms with Crippen molar-refractivity contribution in [3.05, 3.63) is 108 Å². The number of aldehydes is 9. The molecule has 0 aliphatic carbocycles. The number of hydrogen-bond donors (Lipinski definition) is 32. The number of nitrogens with two attached hydrogens (primary N) is 4. The standard InChI is InChI=1S/C91H133N29O27/c1-49(40-121)101-69(78(138)115-71(105-56(43-124)21-17-33-99-89(96)97)80(140)112-68(67(93)136)104-55(42-123)20-16-32-98-88(94)95)113-81(141)72(106-58(45-126)35-53-22-26-62(130)27-23-53)117-83(143)73(107-59(46-127)36-54-24-28-63(131)29-25-54)116-79(139)70(102-50(2)41-122)114-82(142)74(109-60(47-128)37-64(92)132)118-84(144)75(108-57(44-125)34-52-18-12-11-13-19-52)119-87(147)91(6)31-15-10-8-7-9-14-30-90(4,5)86(146)103-51(3)77(137)100-39-65(133)111-76(85(145)120-91)110-61(48-129)38-66(134)135/h7-8,11-13,18-19,22-29,40-51,55-61,68-76,101-102,104-110,130-131H,9-10,14-17,20-21,30-39H2,1-6H3,(H2,92,132)(H2,93,136)(H,100,137)(H,103,146)(H,111,133)(H,112,140)(H,113,141)(H,114,142)(H,115,138)(H,116,139)(H,117,143)(H,118,144)(H,119,147)(H,120,145)(H,134,135)(H4,94,95,98)(H4,96,97,99)/b8-7-/t49-,50-,51-,55+,56+,57+,58+,59+,60+,61+,68+,69+,70+,71+,72+,73+,74+,75+,76+,91-/m0/s1. The molecule has 3 aromatic rings. The maximum Gasteiger partial charge on any atom is 0.305 e. The molecule has 0 saturated carbocycles. The van der Waals surface area contributed by atoms with Gasteiger partial charge in [0.05, 0.1) is 67.3 Å². The van der Waals surface area contributed by atoms with Gasteiger partial charge in [-0.25, -0.2) is 0 Å². The first-order valence-electron chi connectivity index (χ1n) is 46.4. The van der Waals surface area contributed by atoms with E-state index < -0.39 is 266 Å². The van der Waals surface area contributed by atoms with Gasteiger partial charge >= 0.3 is 5.97 Å². The van der Waals surface area contributed by atoms with Crippen molar-refractivity contribution in [2.45, 2.75) is 259 Å². The van der Waals surface area contributed by atoms with Crippen LogP contribution in [0.5, 0.6) is 11.5 Å². The quantitative estimate of drug-likeness (QED) is 0.00623. The molecule has 14 amide bonds. The fourth-order valence-electron chi connectivity index (χ4n) is 14.0. The van der Waals surface area contributed by atoms with Gasteiger partial charge in [-0.1, -0.05) is 80.6 Å². The highest BCUT2D eigenvalue weighted by Gasteiger charge is 2.44. The number of primary amides is 2. The van der Waals surface area contributed by atoms with Gasteiger partial charge in [0.15, 0.2) is 67.4 Å². The number of rotatable bonds is 62. The summed E-state index contributed by atoms with van der Waals surface area (Å²) < 4.78 is 0. The lowest BCUT2D eigenvalue weighted by molar-refractivity contribution is -0.140. The number of benzene rings is 3. The predicted molar refractivity (Wildman–Crippen MR) is 521 cm³/mol. The number of phenolic OH excluding ortho intramolecular Hbond substituents is 2. The molecule has 56 nitrogen and oxygen atoms in total. The molecule has 20 atom stereocenters. The smallest absolute Gasteiger partial charge is 0.305 e. The summed E-state index contributed by atoms with van der Waals surface area (Å²) in [6.07, 6.45) is -18.1. The second-order valence-corrected chi connectivity index (χ2v) is 35.0. The molecule has 0 spiro atoms. The predicted octanol–water partition coefficient (Wildman–Crippen LogP) is -11.6. The minimum absolute atomic E-state index is 0.0262. The van der Waals surface area contributed by atoms with E-state index in [0.29, 0.717) is 37.4 Å². The average Bonchev–Trinajstić information content (AvgIpc) is 0.938. The maximum atomic E-state index is 15.6. The molecule has 3 aromatic carbocycles. The number of carboxylic acids is 1. The Morgan fingerprint density at radius 3 is 1.16 bits per heavy atom. The molecule has 804 valence electrons. The van der Waals surface area contributed by atoms with Gasteiger partial charge in [0.1, 0.15) is 79.7 Å². The van der Waals surface area contributed by atoms with Crippen molar-refractivity contribution in [3.8, 4) is 11.5 Å². The number of allylic oxidation sites excluding steroid dienone is 2.